The number of hydrogen-bond acceptors (Lipinski definition) is 3. The first-order valence-electron chi connectivity index (χ1n) is 17.7. The van der Waals surface area contributed by atoms with E-state index in [-0.39, 0.29) is 20.1 Å². The number of benzene rings is 4. The van der Waals surface area contributed by atoms with Crippen LogP contribution in [0.1, 0.15) is 43.2 Å². The summed E-state index contributed by atoms with van der Waals surface area (Å²) < 4.78 is 4.12. The van der Waals surface area contributed by atoms with Crippen molar-refractivity contribution in [2.24, 2.45) is 5.92 Å². The minimum atomic E-state index is -1.77. The molecule has 8 rings (SSSR count). The molecule has 5 heteroatoms. The predicted molar refractivity (Wildman–Crippen MR) is 213 cm³/mol. The van der Waals surface area contributed by atoms with E-state index in [2.05, 4.69) is 132 Å². The Balaban J connectivity index is 0.000000204. The van der Waals surface area contributed by atoms with E-state index in [0.29, 0.717) is 0 Å². The quantitative estimate of drug-likeness (QED) is 0.123. The maximum atomic E-state index is 4.78. The smallest absolute Gasteiger partial charge is 0.0318 e. The Bertz CT molecular complexity index is 2180. The molecule has 3 heterocycles. The minimum Gasteiger partial charge on any atom is -0.305 e. The molecule has 4 aromatic carbocycles. The molecular formula is C45H44GeIrN2S-2. The molecule has 0 amide bonds. The van der Waals surface area contributed by atoms with Crippen LogP contribution in [0.25, 0.3) is 53.8 Å². The number of hydrogen-bond donors (Lipinski definition) is 0. The van der Waals surface area contributed by atoms with Crippen molar-refractivity contribution in [2.75, 3.05) is 0 Å². The van der Waals surface area contributed by atoms with Gasteiger partial charge < -0.3 is 4.98 Å². The topological polar surface area (TPSA) is 25.8 Å². The van der Waals surface area contributed by atoms with Crippen molar-refractivity contribution < 1.29 is 20.1 Å². The van der Waals surface area contributed by atoms with Crippen molar-refractivity contribution in [3.05, 3.63) is 139 Å². The summed E-state index contributed by atoms with van der Waals surface area (Å²) in [5.41, 5.74) is 9.64. The summed E-state index contributed by atoms with van der Waals surface area (Å²) in [6, 6.07) is 43.1. The van der Waals surface area contributed by atoms with Crippen LogP contribution in [0, 0.1) is 25.0 Å². The van der Waals surface area contributed by atoms with Crippen LogP contribution in [0.15, 0.2) is 116 Å². The van der Waals surface area contributed by atoms with Crippen LogP contribution in [-0.2, 0) is 26.5 Å². The van der Waals surface area contributed by atoms with Gasteiger partial charge in [-0.05, 0) is 45.3 Å². The molecule has 1 saturated carbocycles. The van der Waals surface area contributed by atoms with Gasteiger partial charge in [0.2, 0.25) is 0 Å². The average molecular weight is 910 g/mol. The minimum absolute atomic E-state index is 0. The molecule has 0 aliphatic heterocycles. The molecule has 0 unspecified atom stereocenters. The first-order chi connectivity index (χ1) is 23.8. The van der Waals surface area contributed by atoms with E-state index in [0.717, 1.165) is 28.4 Å². The van der Waals surface area contributed by atoms with Crippen LogP contribution in [0.4, 0.5) is 0 Å². The molecule has 255 valence electrons. The summed E-state index contributed by atoms with van der Waals surface area (Å²) in [4.78, 5) is 9.37. The van der Waals surface area contributed by atoms with Crippen molar-refractivity contribution in [3.63, 3.8) is 0 Å². The average Bonchev–Trinajstić information content (AvgIpc) is 3.52. The van der Waals surface area contributed by atoms with Gasteiger partial charge in [-0.3, -0.25) is 0 Å². The van der Waals surface area contributed by atoms with E-state index >= 15 is 0 Å². The fourth-order valence-corrected chi connectivity index (χ4v) is 12.2. The summed E-state index contributed by atoms with van der Waals surface area (Å²) in [5, 5.41) is 2.62. The van der Waals surface area contributed by atoms with Crippen LogP contribution < -0.4 is 4.40 Å². The van der Waals surface area contributed by atoms with Crippen LogP contribution in [0.5, 0.6) is 0 Å². The molecule has 0 atom stereocenters. The number of rotatable bonds is 6. The fourth-order valence-electron chi connectivity index (χ4n) is 7.30. The molecule has 2 nitrogen and oxygen atoms in total. The van der Waals surface area contributed by atoms with E-state index in [1.54, 1.807) is 0 Å². The number of aryl methyl sites for hydroxylation is 1. The molecule has 7 aromatic rings. The van der Waals surface area contributed by atoms with Gasteiger partial charge >= 0.3 is 106 Å². The Labute approximate surface area is 318 Å². The SMILES string of the molecule is Cc1cc(-c2[c-]cccc2)nc[c]1[Ge]([CH3])([CH3])[CH3].[Ir].[c-]1ccc2c(sc3c(-c4ccccc4)cccc32)c1-c1cc(CC2CCCCC2)ccn1. The molecule has 0 bridgehead atoms. The first-order valence-corrected chi connectivity index (χ1v) is 25.8. The molecule has 0 saturated heterocycles. The maximum Gasteiger partial charge on any atom is 0.0318 e. The van der Waals surface area contributed by atoms with E-state index < -0.39 is 13.3 Å². The van der Waals surface area contributed by atoms with Crippen LogP contribution in [0.3, 0.4) is 0 Å². The summed E-state index contributed by atoms with van der Waals surface area (Å²) >= 11 is 0.102. The van der Waals surface area contributed by atoms with Crippen molar-refractivity contribution in [2.45, 2.75) is 62.7 Å². The van der Waals surface area contributed by atoms with Gasteiger partial charge in [0.15, 0.2) is 0 Å². The third-order valence-electron chi connectivity index (χ3n) is 9.78. The normalized spacial score (nSPS) is 13.4. The molecular weight excluding hydrogens is 865 g/mol. The molecule has 50 heavy (non-hydrogen) atoms. The predicted octanol–water partition coefficient (Wildman–Crippen LogP) is 12.1. The first kappa shape index (κ1) is 36.4. The second-order valence-corrected chi connectivity index (χ2v) is 26.0. The summed E-state index contributed by atoms with van der Waals surface area (Å²) in [6.45, 7) is 2.19. The summed E-state index contributed by atoms with van der Waals surface area (Å²) in [5.74, 6) is 8.03. The van der Waals surface area contributed by atoms with Gasteiger partial charge in [-0.1, -0.05) is 97.7 Å². The molecule has 0 N–H and O–H groups in total. The van der Waals surface area contributed by atoms with Crippen molar-refractivity contribution in [1.82, 2.24) is 9.97 Å². The number of thiophene rings is 1. The number of pyridine rings is 2. The number of nitrogens with zero attached hydrogens (tertiary/aromatic N) is 2. The summed E-state index contributed by atoms with van der Waals surface area (Å²) in [6.07, 6.45) is 12.2. The number of fused-ring (bicyclic) bond motifs is 3. The van der Waals surface area contributed by atoms with Gasteiger partial charge in [-0.15, -0.1) is 23.8 Å². The Morgan fingerprint density at radius 3 is 2.26 bits per heavy atom. The van der Waals surface area contributed by atoms with Crippen LogP contribution in [0.2, 0.25) is 17.3 Å². The second-order valence-electron chi connectivity index (χ2n) is 14.4. The third-order valence-corrected chi connectivity index (χ3v) is 15.5. The zero-order valence-corrected chi connectivity index (χ0v) is 34.7. The molecule has 1 radical (unpaired) electrons. The molecule has 1 aliphatic carbocycles. The Morgan fingerprint density at radius 2 is 1.52 bits per heavy atom. The Hall–Kier alpha value is -3.41. The Kier molecular flexibility index (Phi) is 11.9. The van der Waals surface area contributed by atoms with Gasteiger partial charge in [0.1, 0.15) is 0 Å². The van der Waals surface area contributed by atoms with E-state index in [1.165, 1.54) is 85.3 Å². The monoisotopic (exact) mass is 911 g/mol. The van der Waals surface area contributed by atoms with Gasteiger partial charge in [-0.25, -0.2) is 0 Å². The zero-order chi connectivity index (χ0) is 33.8. The van der Waals surface area contributed by atoms with Crippen LogP contribution in [-0.4, -0.2) is 23.2 Å². The van der Waals surface area contributed by atoms with E-state index in [1.807, 2.05) is 35.7 Å². The van der Waals surface area contributed by atoms with Crippen molar-refractivity contribution in [3.8, 4) is 33.6 Å². The number of aromatic nitrogens is 2. The van der Waals surface area contributed by atoms with Gasteiger partial charge in [0, 0.05) is 31.0 Å². The molecule has 1 aliphatic rings. The van der Waals surface area contributed by atoms with Crippen molar-refractivity contribution in [1.29, 1.82) is 0 Å². The molecule has 3 aromatic heterocycles. The molecule has 1 fully saturated rings. The van der Waals surface area contributed by atoms with Gasteiger partial charge in [0.05, 0.1) is 0 Å². The molecule has 0 spiro atoms. The van der Waals surface area contributed by atoms with Crippen molar-refractivity contribution >= 4 is 49.2 Å². The van der Waals surface area contributed by atoms with Gasteiger partial charge in [0.25, 0.3) is 0 Å². The van der Waals surface area contributed by atoms with Crippen LogP contribution >= 0.6 is 11.3 Å². The second kappa shape index (κ2) is 16.3. The fraction of sp³-hybridized carbons (Fsp3) is 0.244. The third kappa shape index (κ3) is 8.21. The maximum absolute atomic E-state index is 4.78. The van der Waals surface area contributed by atoms with E-state index in [4.69, 9.17) is 4.98 Å². The van der Waals surface area contributed by atoms with Gasteiger partial charge in [-0.2, -0.15) is 11.3 Å². The Morgan fingerprint density at radius 1 is 0.740 bits per heavy atom. The largest absolute Gasteiger partial charge is 0.305 e. The standard InChI is InChI=1S/C30H26NS.C15H18GeN.Ir/c1-3-9-21(10-4-1)19-22-17-18-31-28(20-22)27-16-8-15-26-25-14-7-13-24(29(25)32-30(26)27)23-11-5-2-6-12-23;1-12-10-15(13-8-6-5-7-9-13)17-11-14(12)16(2,3)4;/h2,5-8,11-15,17-18,20-21H,1,3-4,9-10,19H2;5-8,10-11H,1-4H3;/q2*-1;. The summed E-state index contributed by atoms with van der Waals surface area (Å²) in [7, 11) is 0. The zero-order valence-electron chi connectivity index (χ0n) is 29.4. The van der Waals surface area contributed by atoms with E-state index in [9.17, 15) is 0 Å².